The number of carboxylic acid groups (broad SMARTS) is 4. The van der Waals surface area contributed by atoms with Crippen molar-refractivity contribution in [2.24, 2.45) is 0 Å². The predicted molar refractivity (Wildman–Crippen MR) is 128 cm³/mol. The summed E-state index contributed by atoms with van der Waals surface area (Å²) >= 11 is 0. The van der Waals surface area contributed by atoms with Crippen LogP contribution in [0, 0.1) is 0 Å². The van der Waals surface area contributed by atoms with Gasteiger partial charge in [0.05, 0.1) is 0 Å². The van der Waals surface area contributed by atoms with Gasteiger partial charge in [-0.05, 0) is 48.5 Å². The topological polar surface area (TPSA) is 162 Å². The molecule has 0 aromatic rings. The van der Waals surface area contributed by atoms with Gasteiger partial charge in [0, 0.05) is 50.8 Å². The summed E-state index contributed by atoms with van der Waals surface area (Å²) in [6, 6.07) is -4.59. The fourth-order valence-corrected chi connectivity index (χ4v) is 4.77. The van der Waals surface area contributed by atoms with E-state index in [1.54, 1.807) is 47.3 Å². The van der Waals surface area contributed by atoms with Crippen molar-refractivity contribution in [2.45, 2.75) is 90.8 Å². The summed E-state index contributed by atoms with van der Waals surface area (Å²) in [6.45, 7) is 12.9. The van der Waals surface area contributed by atoms with Crippen molar-refractivity contribution in [1.82, 2.24) is 19.6 Å². The van der Waals surface area contributed by atoms with Crippen LogP contribution in [0.15, 0.2) is 0 Å². The summed E-state index contributed by atoms with van der Waals surface area (Å²) in [5.74, 6) is -4.10. The van der Waals surface area contributed by atoms with Gasteiger partial charge in [0.15, 0.2) is 0 Å². The van der Waals surface area contributed by atoms with E-state index in [2.05, 4.69) is 0 Å². The second-order valence-electron chi connectivity index (χ2n) is 9.73. The van der Waals surface area contributed by atoms with Crippen LogP contribution in [0.2, 0.25) is 0 Å². The first-order valence-corrected chi connectivity index (χ1v) is 12.0. The van der Waals surface area contributed by atoms with Gasteiger partial charge in [0.1, 0.15) is 24.2 Å². The van der Waals surface area contributed by atoms with Gasteiger partial charge in [-0.1, -0.05) is 0 Å². The summed E-state index contributed by atoms with van der Waals surface area (Å²) < 4.78 is 0. The maximum absolute atomic E-state index is 11.9. The number of hydrogen-bond acceptors (Lipinski definition) is 8. The number of rotatable bonds is 8. The monoisotopic (exact) mass is 502 g/mol. The molecule has 1 aliphatic rings. The number of aliphatic carboxylic acids is 4. The molecule has 12 heteroatoms. The summed E-state index contributed by atoms with van der Waals surface area (Å²) in [6.07, 6.45) is 0. The van der Waals surface area contributed by atoms with Crippen molar-refractivity contribution < 1.29 is 39.6 Å². The molecule has 1 heterocycles. The molecule has 0 unspecified atom stereocenters. The van der Waals surface area contributed by atoms with Crippen LogP contribution in [0.5, 0.6) is 0 Å². The molecule has 0 spiro atoms. The van der Waals surface area contributed by atoms with Crippen LogP contribution in [0.4, 0.5) is 0 Å². The Kier molecular flexibility index (Phi) is 11.5. The van der Waals surface area contributed by atoms with Crippen molar-refractivity contribution in [3.63, 3.8) is 0 Å². The minimum absolute atomic E-state index is 0.239. The molecule has 35 heavy (non-hydrogen) atoms. The summed E-state index contributed by atoms with van der Waals surface area (Å²) in [5.41, 5.74) is 0. The third-order valence-electron chi connectivity index (χ3n) is 7.26. The Morgan fingerprint density at radius 3 is 1.23 bits per heavy atom. The normalized spacial score (nSPS) is 28.1. The van der Waals surface area contributed by atoms with Crippen LogP contribution < -0.4 is 0 Å². The van der Waals surface area contributed by atoms with E-state index in [0.717, 1.165) is 0 Å². The van der Waals surface area contributed by atoms with Crippen LogP contribution in [0.3, 0.4) is 0 Å². The van der Waals surface area contributed by atoms with Crippen LogP contribution in [-0.4, -0.2) is 139 Å². The van der Waals surface area contributed by atoms with E-state index in [0.29, 0.717) is 0 Å². The van der Waals surface area contributed by atoms with Crippen LogP contribution in [0.25, 0.3) is 0 Å². The maximum atomic E-state index is 11.9. The van der Waals surface area contributed by atoms with E-state index in [4.69, 9.17) is 0 Å². The lowest BCUT2D eigenvalue weighted by molar-refractivity contribution is -0.149. The molecule has 12 nitrogen and oxygen atoms in total. The van der Waals surface area contributed by atoms with Crippen molar-refractivity contribution >= 4 is 23.9 Å². The number of carboxylic acids is 4. The molecule has 4 N–H and O–H groups in total. The molecule has 1 saturated heterocycles. The van der Waals surface area contributed by atoms with Gasteiger partial charge in [-0.15, -0.1) is 0 Å². The molecule has 0 aromatic heterocycles. The Hall–Kier alpha value is -2.28. The molecule has 1 rings (SSSR count). The molecule has 0 bridgehead atoms. The zero-order chi connectivity index (χ0) is 27.2. The fraction of sp³-hybridized carbons (Fsp3) is 0.826. The first-order chi connectivity index (χ1) is 16.1. The van der Waals surface area contributed by atoms with Crippen molar-refractivity contribution in [2.75, 3.05) is 32.7 Å². The van der Waals surface area contributed by atoms with E-state index in [1.807, 2.05) is 20.8 Å². The maximum Gasteiger partial charge on any atom is 0.320 e. The summed E-state index contributed by atoms with van der Waals surface area (Å²) in [4.78, 5) is 54.4. The Morgan fingerprint density at radius 1 is 0.543 bits per heavy atom. The lowest BCUT2D eigenvalue weighted by Crippen LogP contribution is -2.61. The first kappa shape index (κ1) is 30.8. The van der Waals surface area contributed by atoms with Crippen molar-refractivity contribution in [3.8, 4) is 0 Å². The average Bonchev–Trinajstić information content (AvgIpc) is 2.77. The van der Waals surface area contributed by atoms with Gasteiger partial charge in [-0.25, -0.2) is 0 Å². The number of hydrogen-bond donors (Lipinski definition) is 4. The molecular formula is C23H42N4O8. The van der Waals surface area contributed by atoms with E-state index in [9.17, 15) is 39.6 Å². The largest absolute Gasteiger partial charge is 0.480 e. The zero-order valence-corrected chi connectivity index (χ0v) is 21.8. The molecule has 1 aliphatic heterocycles. The van der Waals surface area contributed by atoms with E-state index < -0.39 is 48.0 Å². The van der Waals surface area contributed by atoms with E-state index in [-0.39, 0.29) is 50.8 Å². The Morgan fingerprint density at radius 2 is 0.857 bits per heavy atom. The smallest absolute Gasteiger partial charge is 0.320 e. The first-order valence-electron chi connectivity index (χ1n) is 12.0. The molecule has 0 aromatic carbocycles. The molecule has 0 amide bonds. The van der Waals surface area contributed by atoms with Crippen molar-refractivity contribution in [3.05, 3.63) is 0 Å². The highest BCUT2D eigenvalue weighted by Crippen LogP contribution is 2.19. The van der Waals surface area contributed by atoms with E-state index >= 15 is 0 Å². The van der Waals surface area contributed by atoms with Crippen LogP contribution >= 0.6 is 0 Å². The zero-order valence-electron chi connectivity index (χ0n) is 21.8. The highest BCUT2D eigenvalue weighted by molar-refractivity contribution is 5.74. The third kappa shape index (κ3) is 8.13. The van der Waals surface area contributed by atoms with Gasteiger partial charge in [0.2, 0.25) is 0 Å². The van der Waals surface area contributed by atoms with Gasteiger partial charge in [0.25, 0.3) is 0 Å². The van der Waals surface area contributed by atoms with Crippen molar-refractivity contribution in [1.29, 1.82) is 0 Å². The van der Waals surface area contributed by atoms with Crippen LogP contribution in [-0.2, 0) is 19.2 Å². The standard InChI is InChI=1S/C23H42N4O8/c1-13-10-24(16(4)20(28)29)8-9-25(17(5)21(30)31)14(2)11-27(19(7)23(34)35)15(3)12-26(13)18(6)22(32)33/h13-19H,8-12H2,1-7H3,(H,28,29)(H,30,31)(H,32,33)(H,34,35)/t13-,14-,15-,16+,17+,18+,19+/m0/s1. The summed E-state index contributed by atoms with van der Waals surface area (Å²) in [5, 5.41) is 38.8. The fourth-order valence-electron chi connectivity index (χ4n) is 4.77. The lowest BCUT2D eigenvalue weighted by atomic mass is 10.1. The second-order valence-corrected chi connectivity index (χ2v) is 9.73. The number of nitrogens with zero attached hydrogens (tertiary/aromatic N) is 4. The lowest BCUT2D eigenvalue weighted by Gasteiger charge is -2.45. The predicted octanol–water partition coefficient (Wildman–Crippen LogP) is 0.266. The van der Waals surface area contributed by atoms with E-state index in [1.165, 1.54) is 0 Å². The summed E-state index contributed by atoms with van der Waals surface area (Å²) in [7, 11) is 0. The minimum atomic E-state index is -1.03. The van der Waals surface area contributed by atoms with Gasteiger partial charge in [-0.2, -0.15) is 0 Å². The second kappa shape index (κ2) is 13.1. The Balaban J connectivity index is 3.54. The quantitative estimate of drug-likeness (QED) is 0.359. The number of carbonyl (C=O) groups is 4. The average molecular weight is 503 g/mol. The van der Waals surface area contributed by atoms with Gasteiger partial charge >= 0.3 is 23.9 Å². The van der Waals surface area contributed by atoms with Gasteiger partial charge < -0.3 is 20.4 Å². The Bertz CT molecular complexity index is 766. The molecule has 7 atom stereocenters. The highest BCUT2D eigenvalue weighted by atomic mass is 16.4. The minimum Gasteiger partial charge on any atom is -0.480 e. The molecule has 0 radical (unpaired) electrons. The molecule has 202 valence electrons. The molecule has 0 saturated carbocycles. The van der Waals surface area contributed by atoms with Gasteiger partial charge in [-0.3, -0.25) is 38.8 Å². The third-order valence-corrected chi connectivity index (χ3v) is 7.26. The molecule has 0 aliphatic carbocycles. The molecular weight excluding hydrogens is 460 g/mol. The SMILES string of the molecule is C[C@H](C(=O)O)N1CCN([C@H](C)C(=O)O)[C@@H](C)CN([C@H](C)C(=O)O)[C@@H](C)CN([C@H](C)C(=O)O)[C@@H](C)C1. The highest BCUT2D eigenvalue weighted by Gasteiger charge is 2.37. The van der Waals surface area contributed by atoms with Crippen LogP contribution in [0.1, 0.15) is 48.5 Å². The Labute approximate surface area is 207 Å². The molecule has 1 fully saturated rings.